The van der Waals surface area contributed by atoms with Crippen LogP contribution in [0.3, 0.4) is 0 Å². The van der Waals surface area contributed by atoms with Crippen molar-refractivity contribution >= 4 is 12.3 Å². The van der Waals surface area contributed by atoms with Gasteiger partial charge in [-0.05, 0) is 12.0 Å². The number of carbonyl (C=O) groups is 2. The molecule has 0 aromatic heterocycles. The molecule has 0 saturated carbocycles. The second-order valence-electron chi connectivity index (χ2n) is 3.14. The van der Waals surface area contributed by atoms with E-state index in [1.807, 2.05) is 0 Å². The Morgan fingerprint density at radius 3 is 2.75 bits per heavy atom. The van der Waals surface area contributed by atoms with E-state index in [9.17, 15) is 14.7 Å². The highest BCUT2D eigenvalue weighted by Crippen LogP contribution is 2.26. The van der Waals surface area contributed by atoms with E-state index in [0.29, 0.717) is 18.3 Å². The number of methoxy groups -OCH3 is 1. The molecule has 1 rings (SSSR count). The smallest absolute Gasteiger partial charge is 0.342 e. The normalized spacial score (nSPS) is 9.56. The van der Waals surface area contributed by atoms with E-state index in [1.165, 1.54) is 13.2 Å². The molecule has 0 aliphatic carbocycles. The minimum absolute atomic E-state index is 0.100. The topological polar surface area (TPSA) is 63.6 Å². The number of aldehydes is 1. The van der Waals surface area contributed by atoms with E-state index < -0.39 is 5.97 Å². The lowest BCUT2D eigenvalue weighted by Gasteiger charge is -2.09. The van der Waals surface area contributed by atoms with Crippen molar-refractivity contribution in [1.29, 1.82) is 0 Å². The molecule has 1 aromatic rings. The molecule has 0 spiro atoms. The highest BCUT2D eigenvalue weighted by Gasteiger charge is 2.19. The second-order valence-corrected chi connectivity index (χ2v) is 3.14. The number of aromatic hydroxyl groups is 1. The van der Waals surface area contributed by atoms with Gasteiger partial charge in [-0.1, -0.05) is 18.2 Å². The van der Waals surface area contributed by atoms with Gasteiger partial charge in [0, 0.05) is 5.56 Å². The first kappa shape index (κ1) is 12.0. The van der Waals surface area contributed by atoms with Gasteiger partial charge in [0.05, 0.1) is 7.11 Å². The number of ether oxygens (including phenoxy) is 1. The van der Waals surface area contributed by atoms with Gasteiger partial charge in [-0.25, -0.2) is 4.79 Å². The predicted molar refractivity (Wildman–Crippen MR) is 58.7 cm³/mol. The van der Waals surface area contributed by atoms with Gasteiger partial charge < -0.3 is 9.84 Å². The van der Waals surface area contributed by atoms with Crippen LogP contribution in [0.15, 0.2) is 24.8 Å². The molecular weight excluding hydrogens is 208 g/mol. The van der Waals surface area contributed by atoms with E-state index in [2.05, 4.69) is 11.3 Å². The van der Waals surface area contributed by atoms with E-state index >= 15 is 0 Å². The van der Waals surface area contributed by atoms with Crippen molar-refractivity contribution in [3.63, 3.8) is 0 Å². The number of benzene rings is 1. The number of esters is 1. The minimum Gasteiger partial charge on any atom is -0.507 e. The molecule has 16 heavy (non-hydrogen) atoms. The Hall–Kier alpha value is -2.10. The first-order valence-electron chi connectivity index (χ1n) is 4.65. The van der Waals surface area contributed by atoms with Gasteiger partial charge in [-0.3, -0.25) is 4.79 Å². The molecule has 1 N–H and O–H groups in total. The maximum Gasteiger partial charge on any atom is 0.342 e. The van der Waals surface area contributed by atoms with Gasteiger partial charge in [0.15, 0.2) is 6.29 Å². The molecule has 0 bridgehead atoms. The predicted octanol–water partition coefficient (Wildman–Crippen LogP) is 1.72. The molecule has 0 unspecified atom stereocenters. The summed E-state index contributed by atoms with van der Waals surface area (Å²) < 4.78 is 4.51. The van der Waals surface area contributed by atoms with Crippen molar-refractivity contribution in [2.75, 3.05) is 7.11 Å². The van der Waals surface area contributed by atoms with Gasteiger partial charge in [-0.2, -0.15) is 0 Å². The van der Waals surface area contributed by atoms with Crippen LogP contribution in [0.4, 0.5) is 0 Å². The molecule has 0 amide bonds. The fraction of sp³-hybridized carbons (Fsp3) is 0.167. The van der Waals surface area contributed by atoms with Crippen LogP contribution in [-0.4, -0.2) is 24.5 Å². The Kier molecular flexibility index (Phi) is 3.83. The number of hydrogen-bond acceptors (Lipinski definition) is 4. The fourth-order valence-electron chi connectivity index (χ4n) is 1.38. The lowest BCUT2D eigenvalue weighted by Crippen LogP contribution is -2.07. The third-order valence-electron chi connectivity index (χ3n) is 2.17. The van der Waals surface area contributed by atoms with Crippen molar-refractivity contribution in [3.05, 3.63) is 41.5 Å². The average Bonchev–Trinajstić information content (AvgIpc) is 2.30. The highest BCUT2D eigenvalue weighted by molar-refractivity contribution is 6.01. The van der Waals surface area contributed by atoms with Gasteiger partial charge >= 0.3 is 5.97 Å². The molecule has 0 aliphatic rings. The van der Waals surface area contributed by atoms with E-state index in [0.717, 1.165) is 0 Å². The molecule has 1 aromatic carbocycles. The third kappa shape index (κ3) is 2.11. The SMILES string of the molecule is C=CCc1ccc(C=O)c(C(=O)OC)c1O. The van der Waals surface area contributed by atoms with Crippen molar-refractivity contribution in [2.45, 2.75) is 6.42 Å². The lowest BCUT2D eigenvalue weighted by atomic mass is 10.0. The summed E-state index contributed by atoms with van der Waals surface area (Å²) in [5.74, 6) is -0.957. The van der Waals surface area contributed by atoms with Crippen LogP contribution in [0.5, 0.6) is 5.75 Å². The molecule has 0 fully saturated rings. The van der Waals surface area contributed by atoms with Gasteiger partial charge in [-0.15, -0.1) is 6.58 Å². The molecular formula is C12H12O4. The summed E-state index contributed by atoms with van der Waals surface area (Å²) in [7, 11) is 1.19. The highest BCUT2D eigenvalue weighted by atomic mass is 16.5. The van der Waals surface area contributed by atoms with Crippen molar-refractivity contribution in [1.82, 2.24) is 0 Å². The molecule has 0 aliphatic heterocycles. The summed E-state index contributed by atoms with van der Waals surface area (Å²) in [6.07, 6.45) is 2.51. The van der Waals surface area contributed by atoms with Crippen molar-refractivity contribution in [3.8, 4) is 5.75 Å². The average molecular weight is 220 g/mol. The number of phenols is 1. The van der Waals surface area contributed by atoms with Crippen LogP contribution in [0.25, 0.3) is 0 Å². The largest absolute Gasteiger partial charge is 0.507 e. The van der Waals surface area contributed by atoms with E-state index in [-0.39, 0.29) is 16.9 Å². The van der Waals surface area contributed by atoms with Crippen molar-refractivity contribution in [2.24, 2.45) is 0 Å². The Labute approximate surface area is 93.2 Å². The van der Waals surface area contributed by atoms with Crippen LogP contribution in [0.1, 0.15) is 26.3 Å². The Morgan fingerprint density at radius 1 is 1.56 bits per heavy atom. The molecule has 4 heteroatoms. The summed E-state index contributed by atoms with van der Waals surface area (Å²) in [5.41, 5.74) is 0.537. The molecule has 84 valence electrons. The second kappa shape index (κ2) is 5.11. The number of rotatable bonds is 4. The van der Waals surface area contributed by atoms with Crippen LogP contribution in [0, 0.1) is 0 Å². The monoisotopic (exact) mass is 220 g/mol. The fourth-order valence-corrected chi connectivity index (χ4v) is 1.38. The third-order valence-corrected chi connectivity index (χ3v) is 2.17. The van der Waals surface area contributed by atoms with Crippen molar-refractivity contribution < 1.29 is 19.4 Å². The molecule has 0 saturated heterocycles. The summed E-state index contributed by atoms with van der Waals surface area (Å²) in [6, 6.07) is 3.05. The number of allylic oxidation sites excluding steroid dienone is 1. The summed E-state index contributed by atoms with van der Waals surface area (Å²) in [4.78, 5) is 22.1. The Bertz CT molecular complexity index is 435. The van der Waals surface area contributed by atoms with Crippen LogP contribution < -0.4 is 0 Å². The maximum absolute atomic E-state index is 11.4. The van der Waals surface area contributed by atoms with Crippen LogP contribution >= 0.6 is 0 Å². The first-order chi connectivity index (χ1) is 7.65. The van der Waals surface area contributed by atoms with E-state index in [1.54, 1.807) is 12.1 Å². The summed E-state index contributed by atoms with van der Waals surface area (Å²) >= 11 is 0. The summed E-state index contributed by atoms with van der Waals surface area (Å²) in [6.45, 7) is 3.54. The number of phenolic OH excluding ortho intramolecular Hbond substituents is 1. The minimum atomic E-state index is -0.731. The van der Waals surface area contributed by atoms with Gasteiger partial charge in [0.25, 0.3) is 0 Å². The standard InChI is InChI=1S/C12H12O4/c1-3-4-8-5-6-9(7-13)10(11(8)14)12(15)16-2/h3,5-7,14H,1,4H2,2H3. The Balaban J connectivity index is 3.39. The molecule has 0 atom stereocenters. The lowest BCUT2D eigenvalue weighted by molar-refractivity contribution is 0.0595. The zero-order valence-electron chi connectivity index (χ0n) is 8.90. The number of hydrogen-bond donors (Lipinski definition) is 1. The molecule has 4 nitrogen and oxygen atoms in total. The Morgan fingerprint density at radius 2 is 2.25 bits per heavy atom. The van der Waals surface area contributed by atoms with Gasteiger partial charge in [0.1, 0.15) is 11.3 Å². The number of carbonyl (C=O) groups excluding carboxylic acids is 2. The van der Waals surface area contributed by atoms with E-state index in [4.69, 9.17) is 0 Å². The zero-order chi connectivity index (χ0) is 12.1. The van der Waals surface area contributed by atoms with Crippen LogP contribution in [0.2, 0.25) is 0 Å². The molecule has 0 heterocycles. The summed E-state index contributed by atoms with van der Waals surface area (Å²) in [5, 5.41) is 9.83. The molecule has 0 radical (unpaired) electrons. The maximum atomic E-state index is 11.4. The quantitative estimate of drug-likeness (QED) is 0.476. The zero-order valence-corrected chi connectivity index (χ0v) is 8.90. The van der Waals surface area contributed by atoms with Gasteiger partial charge in [0.2, 0.25) is 0 Å². The first-order valence-corrected chi connectivity index (χ1v) is 4.65. The van der Waals surface area contributed by atoms with Crippen LogP contribution in [-0.2, 0) is 11.2 Å².